The maximum absolute atomic E-state index is 11.9. The van der Waals surface area contributed by atoms with Gasteiger partial charge in [-0.3, -0.25) is 9.59 Å². The Morgan fingerprint density at radius 2 is 2.00 bits per heavy atom. The summed E-state index contributed by atoms with van der Waals surface area (Å²) in [5, 5.41) is 11.4. The third-order valence-electron chi connectivity index (χ3n) is 2.60. The molecule has 0 saturated heterocycles. The highest BCUT2D eigenvalue weighted by atomic mass is 16.5. The molecule has 0 aliphatic rings. The molecule has 21 heavy (non-hydrogen) atoms. The first-order valence-electron chi connectivity index (χ1n) is 6.70. The van der Waals surface area contributed by atoms with Crippen molar-refractivity contribution in [3.63, 3.8) is 0 Å². The van der Waals surface area contributed by atoms with E-state index in [0.717, 1.165) is 0 Å². The molecule has 2 N–H and O–H groups in total. The van der Waals surface area contributed by atoms with Crippen LogP contribution in [0.2, 0.25) is 0 Å². The zero-order valence-electron chi connectivity index (χ0n) is 12.4. The Labute approximate surface area is 123 Å². The van der Waals surface area contributed by atoms with Crippen LogP contribution in [0.4, 0.5) is 0 Å². The Kier molecular flexibility index (Phi) is 8.84. The van der Waals surface area contributed by atoms with Gasteiger partial charge in [-0.1, -0.05) is 6.92 Å². The first-order chi connectivity index (χ1) is 9.81. The maximum atomic E-state index is 11.9. The Balaban J connectivity index is 4.61. The van der Waals surface area contributed by atoms with E-state index in [2.05, 4.69) is 10.1 Å². The van der Waals surface area contributed by atoms with E-state index in [0.29, 0.717) is 12.6 Å². The van der Waals surface area contributed by atoms with Crippen molar-refractivity contribution in [3.05, 3.63) is 5.53 Å². The van der Waals surface area contributed by atoms with Gasteiger partial charge in [-0.05, 0) is 26.7 Å². The molecule has 0 heterocycles. The molecule has 0 fully saturated rings. The minimum atomic E-state index is -1.24. The summed E-state index contributed by atoms with van der Waals surface area (Å²) < 4.78 is 5.38. The van der Waals surface area contributed by atoms with Gasteiger partial charge >= 0.3 is 12.2 Å². The molecule has 0 bridgehead atoms. The molecule has 0 aliphatic heterocycles. The number of carboxylic acids is 1. The normalized spacial score (nSPS) is 13.1. The molecule has 0 unspecified atom stereocenters. The zero-order chi connectivity index (χ0) is 16.4. The summed E-state index contributed by atoms with van der Waals surface area (Å²) in [7, 11) is 0. The fourth-order valence-electron chi connectivity index (χ4n) is 1.61. The number of rotatable bonds is 10. The van der Waals surface area contributed by atoms with Gasteiger partial charge in [0.25, 0.3) is 0 Å². The number of nitrogens with zero attached hydrogens (tertiary/aromatic N) is 2. The van der Waals surface area contributed by atoms with Gasteiger partial charge in [-0.2, -0.15) is 4.79 Å². The lowest BCUT2D eigenvalue weighted by atomic mass is 10.1. The van der Waals surface area contributed by atoms with Crippen LogP contribution in [-0.2, 0) is 19.1 Å². The minimum absolute atomic E-state index is 0.0932. The minimum Gasteiger partial charge on any atom is -0.480 e. The first-order valence-corrected chi connectivity index (χ1v) is 6.70. The lowest BCUT2D eigenvalue weighted by Crippen LogP contribution is -2.46. The lowest BCUT2D eigenvalue weighted by molar-refractivity contribution is -0.145. The van der Waals surface area contributed by atoms with E-state index in [1.54, 1.807) is 20.8 Å². The predicted octanol–water partition coefficient (Wildman–Crippen LogP) is 0.409. The van der Waals surface area contributed by atoms with E-state index in [9.17, 15) is 14.4 Å². The quantitative estimate of drug-likeness (QED) is 0.343. The molecule has 118 valence electrons. The van der Waals surface area contributed by atoms with Crippen molar-refractivity contribution in [1.29, 1.82) is 0 Å². The summed E-state index contributed by atoms with van der Waals surface area (Å²) in [6.07, 6.45) is -0.0373. The van der Waals surface area contributed by atoms with E-state index < -0.39 is 29.8 Å². The summed E-state index contributed by atoms with van der Waals surface area (Å²) in [5.41, 5.74) is 8.19. The third kappa shape index (κ3) is 7.96. The van der Waals surface area contributed by atoms with Crippen LogP contribution in [0.25, 0.3) is 5.53 Å². The molecular formula is C13H21N3O5. The summed E-state index contributed by atoms with van der Waals surface area (Å²) in [6, 6.07) is -1.20. The molecule has 0 radical (unpaired) electrons. The molecule has 0 rings (SSSR count). The predicted molar refractivity (Wildman–Crippen MR) is 73.8 cm³/mol. The molecular weight excluding hydrogens is 278 g/mol. The molecule has 0 aromatic rings. The topological polar surface area (TPSA) is 129 Å². The average molecular weight is 299 g/mol. The Morgan fingerprint density at radius 1 is 1.38 bits per heavy atom. The van der Waals surface area contributed by atoms with Gasteiger partial charge in [0.05, 0.1) is 6.10 Å². The molecule has 0 saturated carbocycles. The van der Waals surface area contributed by atoms with Crippen molar-refractivity contribution < 1.29 is 29.0 Å². The van der Waals surface area contributed by atoms with Crippen LogP contribution < -0.4 is 5.32 Å². The number of carbonyl (C=O) groups excluding carboxylic acids is 2. The van der Waals surface area contributed by atoms with Crippen LogP contribution >= 0.6 is 0 Å². The highest BCUT2D eigenvalue weighted by Gasteiger charge is 2.26. The molecule has 2 atom stereocenters. The Morgan fingerprint density at radius 3 is 2.43 bits per heavy atom. The smallest absolute Gasteiger partial charge is 0.326 e. The van der Waals surface area contributed by atoms with Crippen LogP contribution in [0.15, 0.2) is 0 Å². The average Bonchev–Trinajstić information content (AvgIpc) is 2.40. The van der Waals surface area contributed by atoms with Crippen molar-refractivity contribution in [2.45, 2.75) is 58.3 Å². The van der Waals surface area contributed by atoms with E-state index in [4.69, 9.17) is 15.4 Å². The molecule has 0 aliphatic carbocycles. The van der Waals surface area contributed by atoms with E-state index in [1.807, 2.05) is 0 Å². The Bertz CT molecular complexity index is 430. The second-order valence-electron chi connectivity index (χ2n) is 4.73. The lowest BCUT2D eigenvalue weighted by Gasteiger charge is -2.21. The molecule has 8 heteroatoms. The first kappa shape index (κ1) is 18.9. The van der Waals surface area contributed by atoms with Crippen molar-refractivity contribution >= 4 is 23.9 Å². The summed E-state index contributed by atoms with van der Waals surface area (Å²) in [4.78, 5) is 36.7. The maximum Gasteiger partial charge on any atom is 0.326 e. The Hall–Kier alpha value is -2.05. The van der Waals surface area contributed by atoms with Gasteiger partial charge in [0, 0.05) is 6.42 Å². The second-order valence-corrected chi connectivity index (χ2v) is 4.73. The van der Waals surface area contributed by atoms with Crippen molar-refractivity contribution in [3.8, 4) is 0 Å². The van der Waals surface area contributed by atoms with Crippen LogP contribution in [-0.4, -0.2) is 52.0 Å². The molecule has 8 nitrogen and oxygen atoms in total. The number of amides is 1. The fraction of sp³-hybridized carbons (Fsp3) is 0.692. The van der Waals surface area contributed by atoms with Crippen molar-refractivity contribution in [2.75, 3.05) is 0 Å². The van der Waals surface area contributed by atoms with Gasteiger partial charge in [-0.25, -0.2) is 4.79 Å². The highest BCUT2D eigenvalue weighted by molar-refractivity contribution is 6.25. The number of hydrogen-bond donors (Lipinski definition) is 2. The molecule has 0 aromatic heterocycles. The van der Waals surface area contributed by atoms with Gasteiger partial charge < -0.3 is 20.7 Å². The standard InChI is InChI=1S/C13H21N3O5/c1-4-11(21-8(2)3)12(18)16-10(13(19)20)6-5-9(17)7-15-14/h7-8,10-11H,4-6H2,1-3H3,(H,16,18)(H,19,20)/t10-,11-/m0/s1. The zero-order valence-corrected chi connectivity index (χ0v) is 12.4. The van der Waals surface area contributed by atoms with E-state index >= 15 is 0 Å². The van der Waals surface area contributed by atoms with Crippen LogP contribution in [0, 0.1) is 0 Å². The van der Waals surface area contributed by atoms with Crippen LogP contribution in [0.3, 0.4) is 0 Å². The number of carbonyl (C=O) groups is 3. The highest BCUT2D eigenvalue weighted by Crippen LogP contribution is 2.05. The molecule has 1 amide bonds. The third-order valence-corrected chi connectivity index (χ3v) is 2.60. The van der Waals surface area contributed by atoms with Crippen molar-refractivity contribution in [1.82, 2.24) is 5.32 Å². The van der Waals surface area contributed by atoms with E-state index in [-0.39, 0.29) is 18.9 Å². The number of aliphatic carboxylic acids is 1. The summed E-state index contributed by atoms with van der Waals surface area (Å²) in [5.74, 6) is -2.29. The van der Waals surface area contributed by atoms with Crippen LogP contribution in [0.5, 0.6) is 0 Å². The SMILES string of the molecule is CC[C@H](OC(C)C)C(=O)N[C@@H](CCC(=O)C=[N+]=[N-])C(=O)O. The van der Waals surface area contributed by atoms with Gasteiger partial charge in [0.2, 0.25) is 11.7 Å². The molecule has 0 spiro atoms. The number of ether oxygens (including phenoxy) is 1. The monoisotopic (exact) mass is 299 g/mol. The number of Topliss-reactive ketones (excluding diaryl/α,β-unsaturated/α-hetero) is 1. The van der Waals surface area contributed by atoms with Gasteiger partial charge in [-0.15, -0.1) is 0 Å². The number of hydrogen-bond acceptors (Lipinski definition) is 4. The fourth-order valence-corrected chi connectivity index (χ4v) is 1.61. The summed E-state index contributed by atoms with van der Waals surface area (Å²) >= 11 is 0. The number of nitrogens with one attached hydrogen (secondary N) is 1. The van der Waals surface area contributed by atoms with Crippen molar-refractivity contribution in [2.24, 2.45) is 0 Å². The molecule has 0 aromatic carbocycles. The van der Waals surface area contributed by atoms with Gasteiger partial charge in [0.15, 0.2) is 0 Å². The van der Waals surface area contributed by atoms with Crippen LogP contribution in [0.1, 0.15) is 40.0 Å². The second kappa shape index (κ2) is 9.79. The number of carboxylic acid groups (broad SMARTS) is 1. The summed E-state index contributed by atoms with van der Waals surface area (Å²) in [6.45, 7) is 5.30. The van der Waals surface area contributed by atoms with Gasteiger partial charge in [0.1, 0.15) is 12.1 Å². The number of ketones is 1. The largest absolute Gasteiger partial charge is 0.480 e. The van der Waals surface area contributed by atoms with E-state index in [1.165, 1.54) is 0 Å².